The number of fused-ring (bicyclic) bond motifs is 1. The van der Waals surface area contributed by atoms with Crippen molar-refractivity contribution in [2.75, 3.05) is 38.0 Å². The quantitative estimate of drug-likeness (QED) is 0.566. The van der Waals surface area contributed by atoms with Crippen LogP contribution in [0.15, 0.2) is 43.0 Å². The normalized spacial score (nSPS) is 22.6. The standard InChI is InChI=1S/C29H38N6O3/c1-3-6-27-31-24(17-28(32-27)30-23-10-14-33(15-11-23)20(2)36)29(38)35-16-12-25(26(37)19-35)34-13-9-21-7-4-5-8-22(21)18-34/h3-5,7-8,17,23,25-26,37H,1,6,9-16,18-19H2,2H3,(H,30,31,32)/t25-,26-/m1/s1. The summed E-state index contributed by atoms with van der Waals surface area (Å²) in [5.74, 6) is 1.07. The van der Waals surface area contributed by atoms with Crippen LogP contribution in [0.5, 0.6) is 0 Å². The Morgan fingerprint density at radius 2 is 1.82 bits per heavy atom. The summed E-state index contributed by atoms with van der Waals surface area (Å²) in [6.45, 7) is 9.43. The van der Waals surface area contributed by atoms with Crippen LogP contribution in [0, 0.1) is 0 Å². The topological polar surface area (TPSA) is 102 Å². The first-order chi connectivity index (χ1) is 18.4. The molecule has 3 aliphatic heterocycles. The highest BCUT2D eigenvalue weighted by Crippen LogP contribution is 2.26. The molecular formula is C29H38N6O3. The molecule has 3 aliphatic rings. The van der Waals surface area contributed by atoms with Gasteiger partial charge in [-0.1, -0.05) is 30.3 Å². The lowest BCUT2D eigenvalue weighted by atomic mass is 9.94. The number of nitrogens with zero attached hydrogens (tertiary/aromatic N) is 5. The smallest absolute Gasteiger partial charge is 0.272 e. The average molecular weight is 519 g/mol. The lowest BCUT2D eigenvalue weighted by Crippen LogP contribution is -2.56. The summed E-state index contributed by atoms with van der Waals surface area (Å²) >= 11 is 0. The SMILES string of the molecule is C=CCc1nc(NC2CCN(C(C)=O)CC2)cc(C(=O)N2CC[C@@H](N3CCc4ccccc4C3)[C@H](O)C2)n1. The van der Waals surface area contributed by atoms with Crippen LogP contribution in [-0.2, 0) is 24.2 Å². The average Bonchev–Trinajstić information content (AvgIpc) is 2.92. The van der Waals surface area contributed by atoms with Gasteiger partial charge in [0.2, 0.25) is 5.91 Å². The Morgan fingerprint density at radius 1 is 1.08 bits per heavy atom. The second-order valence-corrected chi connectivity index (χ2v) is 10.6. The molecule has 0 radical (unpaired) electrons. The van der Waals surface area contributed by atoms with E-state index in [2.05, 4.69) is 51.0 Å². The number of benzene rings is 1. The first kappa shape index (κ1) is 26.3. The number of piperidine rings is 2. The second-order valence-electron chi connectivity index (χ2n) is 10.6. The number of aliphatic hydroxyl groups is 1. The molecule has 38 heavy (non-hydrogen) atoms. The number of aliphatic hydroxyl groups excluding tert-OH is 1. The third-order valence-corrected chi connectivity index (χ3v) is 8.07. The molecule has 1 aromatic carbocycles. The number of anilines is 1. The van der Waals surface area contributed by atoms with E-state index in [9.17, 15) is 14.7 Å². The molecule has 0 unspecified atom stereocenters. The van der Waals surface area contributed by atoms with E-state index in [0.717, 1.165) is 38.8 Å². The zero-order valence-electron chi connectivity index (χ0n) is 22.2. The van der Waals surface area contributed by atoms with Crippen molar-refractivity contribution < 1.29 is 14.7 Å². The third kappa shape index (κ3) is 5.89. The number of nitrogens with one attached hydrogen (secondary N) is 1. The molecule has 9 nitrogen and oxygen atoms in total. The molecule has 0 spiro atoms. The van der Waals surface area contributed by atoms with Crippen molar-refractivity contribution in [3.8, 4) is 0 Å². The van der Waals surface area contributed by atoms with Crippen LogP contribution in [0.4, 0.5) is 5.82 Å². The molecule has 2 N–H and O–H groups in total. The molecule has 9 heteroatoms. The predicted molar refractivity (Wildman–Crippen MR) is 146 cm³/mol. The number of β-amino-alcohol motifs (C(OH)–C–C–N with tert-alkyl or cyclic N) is 1. The number of amides is 2. The summed E-state index contributed by atoms with van der Waals surface area (Å²) in [6.07, 6.45) is 4.92. The molecule has 2 aromatic rings. The Bertz CT molecular complexity index is 1180. The van der Waals surface area contributed by atoms with Crippen LogP contribution >= 0.6 is 0 Å². The van der Waals surface area contributed by atoms with E-state index >= 15 is 0 Å². The number of aromatic nitrogens is 2. The minimum atomic E-state index is -0.614. The number of hydrogen-bond donors (Lipinski definition) is 2. The maximum atomic E-state index is 13.5. The summed E-state index contributed by atoms with van der Waals surface area (Å²) in [5, 5.41) is 14.5. The van der Waals surface area contributed by atoms with Crippen molar-refractivity contribution in [2.24, 2.45) is 0 Å². The number of carbonyl (C=O) groups excluding carboxylic acids is 2. The van der Waals surface area contributed by atoms with Gasteiger partial charge in [-0.2, -0.15) is 0 Å². The Morgan fingerprint density at radius 3 is 2.53 bits per heavy atom. The van der Waals surface area contributed by atoms with E-state index in [1.54, 1.807) is 24.0 Å². The molecule has 0 aliphatic carbocycles. The van der Waals surface area contributed by atoms with Crippen molar-refractivity contribution in [1.82, 2.24) is 24.7 Å². The first-order valence-corrected chi connectivity index (χ1v) is 13.7. The number of allylic oxidation sites excluding steroid dienone is 1. The van der Waals surface area contributed by atoms with E-state index in [1.807, 2.05) is 4.90 Å². The third-order valence-electron chi connectivity index (χ3n) is 8.07. The zero-order chi connectivity index (χ0) is 26.6. The maximum Gasteiger partial charge on any atom is 0.272 e. The summed E-state index contributed by atoms with van der Waals surface area (Å²) < 4.78 is 0. The molecule has 2 atom stereocenters. The minimum Gasteiger partial charge on any atom is -0.390 e. The lowest BCUT2D eigenvalue weighted by molar-refractivity contribution is -0.129. The molecule has 1 aromatic heterocycles. The Labute approximate surface area is 224 Å². The van der Waals surface area contributed by atoms with Gasteiger partial charge in [0.15, 0.2) is 0 Å². The van der Waals surface area contributed by atoms with Gasteiger partial charge >= 0.3 is 0 Å². The Hall–Kier alpha value is -3.30. The summed E-state index contributed by atoms with van der Waals surface area (Å²) in [4.78, 5) is 40.2. The number of carbonyl (C=O) groups is 2. The van der Waals surface area contributed by atoms with Gasteiger partial charge in [0.05, 0.1) is 6.10 Å². The van der Waals surface area contributed by atoms with Crippen LogP contribution in [0.1, 0.15) is 53.6 Å². The van der Waals surface area contributed by atoms with Gasteiger partial charge < -0.3 is 20.2 Å². The highest BCUT2D eigenvalue weighted by Gasteiger charge is 2.36. The molecule has 2 fully saturated rings. The minimum absolute atomic E-state index is 0.0345. The zero-order valence-corrected chi connectivity index (χ0v) is 22.2. The molecule has 2 saturated heterocycles. The maximum absolute atomic E-state index is 13.5. The van der Waals surface area contributed by atoms with E-state index in [-0.39, 0.29) is 30.4 Å². The van der Waals surface area contributed by atoms with Crippen molar-refractivity contribution in [3.05, 3.63) is 65.6 Å². The van der Waals surface area contributed by atoms with E-state index < -0.39 is 6.10 Å². The molecule has 0 bridgehead atoms. The molecule has 5 rings (SSSR count). The van der Waals surface area contributed by atoms with Gasteiger partial charge in [-0.3, -0.25) is 14.5 Å². The fourth-order valence-electron chi connectivity index (χ4n) is 5.94. The lowest BCUT2D eigenvalue weighted by Gasteiger charge is -2.43. The first-order valence-electron chi connectivity index (χ1n) is 13.7. The molecule has 2 amide bonds. The van der Waals surface area contributed by atoms with Crippen LogP contribution in [-0.4, -0.2) is 92.5 Å². The van der Waals surface area contributed by atoms with Crippen molar-refractivity contribution in [1.29, 1.82) is 0 Å². The largest absolute Gasteiger partial charge is 0.390 e. The second kappa shape index (κ2) is 11.6. The van der Waals surface area contributed by atoms with Crippen LogP contribution < -0.4 is 5.32 Å². The highest BCUT2D eigenvalue weighted by atomic mass is 16.3. The van der Waals surface area contributed by atoms with Gasteiger partial charge in [-0.05, 0) is 36.8 Å². The monoisotopic (exact) mass is 518 g/mol. The van der Waals surface area contributed by atoms with E-state index in [4.69, 9.17) is 0 Å². The van der Waals surface area contributed by atoms with Gasteiger partial charge in [0.1, 0.15) is 17.3 Å². The van der Waals surface area contributed by atoms with Crippen molar-refractivity contribution in [3.63, 3.8) is 0 Å². The van der Waals surface area contributed by atoms with Crippen LogP contribution in [0.2, 0.25) is 0 Å². The summed E-state index contributed by atoms with van der Waals surface area (Å²) in [7, 11) is 0. The number of rotatable bonds is 6. The highest BCUT2D eigenvalue weighted by molar-refractivity contribution is 5.93. The summed E-state index contributed by atoms with van der Waals surface area (Å²) in [5.41, 5.74) is 3.05. The summed E-state index contributed by atoms with van der Waals surface area (Å²) in [6, 6.07) is 10.4. The number of likely N-dealkylation sites (tertiary alicyclic amines) is 2. The van der Waals surface area contributed by atoms with Crippen molar-refractivity contribution in [2.45, 2.75) is 63.8 Å². The predicted octanol–water partition coefficient (Wildman–Crippen LogP) is 2.26. The van der Waals surface area contributed by atoms with Crippen LogP contribution in [0.3, 0.4) is 0 Å². The Balaban J connectivity index is 1.24. The number of hydrogen-bond acceptors (Lipinski definition) is 7. The molecule has 0 saturated carbocycles. The van der Waals surface area contributed by atoms with Gasteiger partial charge in [-0.25, -0.2) is 9.97 Å². The van der Waals surface area contributed by atoms with Gasteiger partial charge in [-0.15, -0.1) is 6.58 Å². The molecular weight excluding hydrogens is 480 g/mol. The molecule has 4 heterocycles. The molecule has 202 valence electrons. The van der Waals surface area contributed by atoms with E-state index in [0.29, 0.717) is 43.4 Å². The van der Waals surface area contributed by atoms with Gasteiger partial charge in [0, 0.05) is 70.8 Å². The fourth-order valence-corrected chi connectivity index (χ4v) is 5.94. The van der Waals surface area contributed by atoms with Crippen LogP contribution in [0.25, 0.3) is 0 Å². The van der Waals surface area contributed by atoms with Gasteiger partial charge in [0.25, 0.3) is 5.91 Å². The fraction of sp³-hybridized carbons (Fsp3) is 0.517. The van der Waals surface area contributed by atoms with Crippen molar-refractivity contribution >= 4 is 17.6 Å². The Kier molecular flexibility index (Phi) is 8.04. The van der Waals surface area contributed by atoms with E-state index in [1.165, 1.54) is 11.1 Å².